The van der Waals surface area contributed by atoms with Crippen LogP contribution >= 0.6 is 0 Å². The third-order valence-corrected chi connectivity index (χ3v) is 4.03. The van der Waals surface area contributed by atoms with E-state index in [4.69, 9.17) is 0 Å². The smallest absolute Gasteiger partial charge is 0.119 e. The lowest BCUT2D eigenvalue weighted by Crippen LogP contribution is -1.86. The van der Waals surface area contributed by atoms with Crippen LogP contribution in [0.15, 0.2) is 60.7 Å². The van der Waals surface area contributed by atoms with Crippen LogP contribution in [-0.4, -0.2) is 10.2 Å². The first-order valence-electron chi connectivity index (χ1n) is 6.96. The normalized spacial score (nSPS) is 12.0. The van der Waals surface area contributed by atoms with Gasteiger partial charge in [-0.15, -0.1) is 0 Å². The second kappa shape index (κ2) is 4.38. The fourth-order valence-corrected chi connectivity index (χ4v) is 3.18. The van der Waals surface area contributed by atoms with Crippen molar-refractivity contribution in [2.45, 2.75) is 6.42 Å². The van der Waals surface area contributed by atoms with Gasteiger partial charge in [0.15, 0.2) is 0 Å². The van der Waals surface area contributed by atoms with Crippen molar-refractivity contribution in [1.29, 1.82) is 0 Å². The van der Waals surface area contributed by atoms with Crippen LogP contribution in [0, 0.1) is 0 Å². The first-order valence-corrected chi connectivity index (χ1v) is 6.96. The van der Waals surface area contributed by atoms with Crippen molar-refractivity contribution < 1.29 is 10.2 Å². The molecule has 3 aromatic rings. The second-order valence-electron chi connectivity index (χ2n) is 5.41. The highest BCUT2D eigenvalue weighted by Gasteiger charge is 2.21. The Labute approximate surface area is 122 Å². The maximum absolute atomic E-state index is 9.74. The molecule has 4 rings (SSSR count). The van der Waals surface area contributed by atoms with Crippen molar-refractivity contribution in [2.24, 2.45) is 0 Å². The summed E-state index contributed by atoms with van der Waals surface area (Å²) >= 11 is 0. The zero-order valence-electron chi connectivity index (χ0n) is 11.4. The molecule has 0 bridgehead atoms. The van der Waals surface area contributed by atoms with Gasteiger partial charge in [0.25, 0.3) is 0 Å². The molecule has 0 saturated heterocycles. The summed E-state index contributed by atoms with van der Waals surface area (Å²) in [4.78, 5) is 0. The van der Waals surface area contributed by atoms with Crippen LogP contribution in [0.1, 0.15) is 11.1 Å². The molecular weight excluding hydrogens is 260 g/mol. The number of hydrogen-bond acceptors (Lipinski definition) is 2. The first-order chi connectivity index (χ1) is 10.2. The topological polar surface area (TPSA) is 40.5 Å². The summed E-state index contributed by atoms with van der Waals surface area (Å²) < 4.78 is 0. The SMILES string of the molecule is Oc1cc(O)cc(-c2cccc3c2-c2ccccc2C3)c1. The van der Waals surface area contributed by atoms with Crippen LogP contribution in [-0.2, 0) is 6.42 Å². The van der Waals surface area contributed by atoms with E-state index >= 15 is 0 Å². The minimum atomic E-state index is 0.0777. The molecule has 0 amide bonds. The highest BCUT2D eigenvalue weighted by molar-refractivity contribution is 5.90. The number of phenolic OH excluding ortho intramolecular Hbond substituents is 2. The molecule has 2 heteroatoms. The van der Waals surface area contributed by atoms with E-state index in [9.17, 15) is 10.2 Å². The van der Waals surface area contributed by atoms with E-state index in [1.807, 2.05) is 18.2 Å². The van der Waals surface area contributed by atoms with Gasteiger partial charge in [-0.3, -0.25) is 0 Å². The summed E-state index contributed by atoms with van der Waals surface area (Å²) in [5, 5.41) is 19.5. The Morgan fingerprint density at radius 3 is 2.14 bits per heavy atom. The van der Waals surface area contributed by atoms with E-state index in [0.29, 0.717) is 0 Å². The molecule has 0 spiro atoms. The summed E-state index contributed by atoms with van der Waals surface area (Å²) in [6, 6.07) is 19.3. The summed E-state index contributed by atoms with van der Waals surface area (Å²) in [7, 11) is 0. The van der Waals surface area contributed by atoms with Gasteiger partial charge in [-0.2, -0.15) is 0 Å². The Morgan fingerprint density at radius 2 is 1.33 bits per heavy atom. The largest absolute Gasteiger partial charge is 0.508 e. The molecule has 0 saturated carbocycles. The Kier molecular flexibility index (Phi) is 2.51. The van der Waals surface area contributed by atoms with E-state index in [0.717, 1.165) is 17.5 Å². The minimum absolute atomic E-state index is 0.0777. The van der Waals surface area contributed by atoms with Gasteiger partial charge < -0.3 is 10.2 Å². The highest BCUT2D eigenvalue weighted by atomic mass is 16.3. The molecule has 0 aliphatic heterocycles. The highest BCUT2D eigenvalue weighted by Crippen LogP contribution is 2.43. The van der Waals surface area contributed by atoms with Gasteiger partial charge in [0.2, 0.25) is 0 Å². The van der Waals surface area contributed by atoms with E-state index in [2.05, 4.69) is 24.3 Å². The summed E-state index contributed by atoms with van der Waals surface area (Å²) in [5.74, 6) is 0.155. The predicted molar refractivity (Wildman–Crippen MR) is 83.4 cm³/mol. The van der Waals surface area contributed by atoms with E-state index in [1.165, 1.54) is 28.3 Å². The molecule has 0 unspecified atom stereocenters. The molecule has 21 heavy (non-hydrogen) atoms. The zero-order valence-corrected chi connectivity index (χ0v) is 11.4. The van der Waals surface area contributed by atoms with Crippen LogP contribution in [0.5, 0.6) is 11.5 Å². The van der Waals surface area contributed by atoms with Crippen molar-refractivity contribution >= 4 is 0 Å². The zero-order chi connectivity index (χ0) is 14.4. The molecule has 0 atom stereocenters. The second-order valence-corrected chi connectivity index (χ2v) is 5.41. The summed E-state index contributed by atoms with van der Waals surface area (Å²) in [5.41, 5.74) is 6.94. The monoisotopic (exact) mass is 274 g/mol. The maximum atomic E-state index is 9.74. The van der Waals surface area contributed by atoms with Gasteiger partial charge in [-0.1, -0.05) is 42.5 Å². The van der Waals surface area contributed by atoms with Gasteiger partial charge in [-0.25, -0.2) is 0 Å². The molecule has 0 fully saturated rings. The quantitative estimate of drug-likeness (QED) is 0.542. The number of phenols is 2. The van der Waals surface area contributed by atoms with Crippen molar-refractivity contribution in [3.63, 3.8) is 0 Å². The lowest BCUT2D eigenvalue weighted by molar-refractivity contribution is 0.451. The third-order valence-electron chi connectivity index (χ3n) is 4.03. The third kappa shape index (κ3) is 1.88. The first kappa shape index (κ1) is 12.0. The van der Waals surface area contributed by atoms with Gasteiger partial charge in [0.05, 0.1) is 0 Å². The van der Waals surface area contributed by atoms with E-state index in [-0.39, 0.29) is 11.5 Å². The average molecular weight is 274 g/mol. The van der Waals surface area contributed by atoms with Crippen molar-refractivity contribution in [1.82, 2.24) is 0 Å². The van der Waals surface area contributed by atoms with Gasteiger partial charge in [0.1, 0.15) is 11.5 Å². The van der Waals surface area contributed by atoms with E-state index in [1.54, 1.807) is 12.1 Å². The molecule has 3 aromatic carbocycles. The predicted octanol–water partition coefficient (Wildman–Crippen LogP) is 4.34. The Balaban J connectivity index is 2.00. The molecule has 1 aliphatic carbocycles. The lowest BCUT2D eigenvalue weighted by Gasteiger charge is -2.11. The van der Waals surface area contributed by atoms with Gasteiger partial charge in [0, 0.05) is 6.07 Å². The van der Waals surface area contributed by atoms with Gasteiger partial charge in [-0.05, 0) is 51.9 Å². The van der Waals surface area contributed by atoms with Crippen molar-refractivity contribution in [2.75, 3.05) is 0 Å². The number of fused-ring (bicyclic) bond motifs is 3. The van der Waals surface area contributed by atoms with Crippen molar-refractivity contribution in [3.8, 4) is 33.8 Å². The Bertz CT molecular complexity index is 830. The fraction of sp³-hybridized carbons (Fsp3) is 0.0526. The molecular formula is C19H14O2. The minimum Gasteiger partial charge on any atom is -0.508 e. The van der Waals surface area contributed by atoms with Crippen LogP contribution in [0.4, 0.5) is 0 Å². The van der Waals surface area contributed by atoms with Crippen LogP contribution in [0.25, 0.3) is 22.3 Å². The van der Waals surface area contributed by atoms with Crippen LogP contribution < -0.4 is 0 Å². The molecule has 1 aliphatic rings. The standard InChI is InChI=1S/C19H14O2/c20-15-9-14(10-16(21)11-15)18-7-3-5-13-8-12-4-1-2-6-17(12)19(13)18/h1-7,9-11,20-21H,8H2. The summed E-state index contributed by atoms with van der Waals surface area (Å²) in [6.07, 6.45) is 0.935. The molecule has 2 N–H and O–H groups in total. The molecule has 0 heterocycles. The number of aromatic hydroxyl groups is 2. The maximum Gasteiger partial charge on any atom is 0.119 e. The summed E-state index contributed by atoms with van der Waals surface area (Å²) in [6.45, 7) is 0. The van der Waals surface area contributed by atoms with E-state index < -0.39 is 0 Å². The number of rotatable bonds is 1. The molecule has 0 aromatic heterocycles. The molecule has 102 valence electrons. The van der Waals surface area contributed by atoms with Crippen molar-refractivity contribution in [3.05, 3.63) is 71.8 Å². The Morgan fingerprint density at radius 1 is 0.667 bits per heavy atom. The average Bonchev–Trinajstić information content (AvgIpc) is 2.84. The lowest BCUT2D eigenvalue weighted by atomic mass is 9.94. The Hall–Kier alpha value is -2.74. The van der Waals surface area contributed by atoms with Crippen LogP contribution in [0.2, 0.25) is 0 Å². The fourth-order valence-electron chi connectivity index (χ4n) is 3.18. The number of benzene rings is 3. The van der Waals surface area contributed by atoms with Gasteiger partial charge >= 0.3 is 0 Å². The molecule has 0 radical (unpaired) electrons. The van der Waals surface area contributed by atoms with Crippen LogP contribution in [0.3, 0.4) is 0 Å². The number of hydrogen-bond donors (Lipinski definition) is 2. The molecule has 2 nitrogen and oxygen atoms in total.